The van der Waals surface area contributed by atoms with Gasteiger partial charge in [0.2, 0.25) is 0 Å². The molecule has 32 heavy (non-hydrogen) atoms. The minimum Gasteiger partial charge on any atom is -0.393 e. The van der Waals surface area contributed by atoms with Crippen molar-refractivity contribution < 1.29 is 9.90 Å². The third kappa shape index (κ3) is 2.89. The highest BCUT2D eigenvalue weighted by atomic mass is 16.3. The number of rotatable bonds is 0. The van der Waals surface area contributed by atoms with Crippen molar-refractivity contribution in [2.24, 2.45) is 50.7 Å². The van der Waals surface area contributed by atoms with Gasteiger partial charge in [-0.25, -0.2) is 0 Å². The molecule has 2 nitrogen and oxygen atoms in total. The molecule has 0 spiro atoms. The van der Waals surface area contributed by atoms with Crippen LogP contribution in [-0.4, -0.2) is 17.0 Å². The summed E-state index contributed by atoms with van der Waals surface area (Å²) in [4.78, 5) is 12.8. The molecular formula is C30H48O2. The van der Waals surface area contributed by atoms with Crippen molar-refractivity contribution in [3.05, 3.63) is 11.6 Å². The van der Waals surface area contributed by atoms with Gasteiger partial charge in [-0.15, -0.1) is 0 Å². The molecule has 0 radical (unpaired) electrons. The van der Waals surface area contributed by atoms with Crippen LogP contribution in [0.15, 0.2) is 11.6 Å². The Kier molecular flexibility index (Phi) is 5.03. The van der Waals surface area contributed by atoms with Crippen LogP contribution in [0.4, 0.5) is 0 Å². The molecule has 4 saturated carbocycles. The van der Waals surface area contributed by atoms with E-state index in [9.17, 15) is 9.90 Å². The molecule has 0 aromatic carbocycles. The van der Waals surface area contributed by atoms with Crippen LogP contribution in [0.3, 0.4) is 0 Å². The van der Waals surface area contributed by atoms with Crippen molar-refractivity contribution in [2.75, 3.05) is 0 Å². The monoisotopic (exact) mass is 440 g/mol. The van der Waals surface area contributed by atoms with Gasteiger partial charge in [0.1, 0.15) is 5.78 Å². The second-order valence-corrected chi connectivity index (χ2v) is 14.7. The molecule has 2 heteroatoms. The van der Waals surface area contributed by atoms with Gasteiger partial charge in [-0.3, -0.25) is 4.79 Å². The molecule has 0 aromatic heterocycles. The Labute approximate surface area is 197 Å². The quantitative estimate of drug-likeness (QED) is 0.400. The number of fused-ring (bicyclic) bond motifs is 6. The normalized spacial score (nSPS) is 51.9. The average Bonchev–Trinajstić information content (AvgIpc) is 2.86. The lowest BCUT2D eigenvalue weighted by atomic mass is 9.42. The maximum Gasteiger partial charge on any atom is 0.138 e. The lowest BCUT2D eigenvalue weighted by Crippen LogP contribution is -2.58. The van der Waals surface area contributed by atoms with Gasteiger partial charge in [0.15, 0.2) is 0 Å². The van der Waals surface area contributed by atoms with Crippen LogP contribution in [0.5, 0.6) is 0 Å². The molecule has 5 aliphatic rings. The number of aliphatic hydroxyl groups excluding tert-OH is 1. The van der Waals surface area contributed by atoms with Crippen LogP contribution < -0.4 is 0 Å². The standard InChI is InChI=1S/C30H48O2/c1-26(2)21-10-8-19-18-28(5)15-12-22-27(3,4)25(32)14-17-30(22,7)23(28)11-9-20(19)29(21,6)16-13-24(26)31/h8,20-23,25,32H,9-18H2,1-7H3. The van der Waals surface area contributed by atoms with Gasteiger partial charge in [-0.05, 0) is 103 Å². The van der Waals surface area contributed by atoms with Crippen LogP contribution >= 0.6 is 0 Å². The number of allylic oxidation sites excluding steroid dienone is 2. The zero-order chi connectivity index (χ0) is 23.3. The summed E-state index contributed by atoms with van der Waals surface area (Å²) in [6.45, 7) is 16.9. The first kappa shape index (κ1) is 23.1. The third-order valence-corrected chi connectivity index (χ3v) is 12.6. The Morgan fingerprint density at radius 3 is 2.25 bits per heavy atom. The zero-order valence-electron chi connectivity index (χ0n) is 21.9. The van der Waals surface area contributed by atoms with E-state index in [2.05, 4.69) is 54.5 Å². The molecule has 5 aliphatic carbocycles. The largest absolute Gasteiger partial charge is 0.393 e. The van der Waals surface area contributed by atoms with Crippen molar-refractivity contribution in [3.63, 3.8) is 0 Å². The van der Waals surface area contributed by atoms with Crippen LogP contribution in [0, 0.1) is 50.7 Å². The Morgan fingerprint density at radius 2 is 1.53 bits per heavy atom. The number of hydrogen-bond donors (Lipinski definition) is 1. The van der Waals surface area contributed by atoms with Gasteiger partial charge in [-0.1, -0.05) is 60.1 Å². The molecule has 0 saturated heterocycles. The summed E-state index contributed by atoms with van der Waals surface area (Å²) in [7, 11) is 0. The van der Waals surface area contributed by atoms with E-state index in [1.54, 1.807) is 5.57 Å². The summed E-state index contributed by atoms with van der Waals surface area (Å²) in [5.74, 6) is 3.00. The molecular weight excluding hydrogens is 392 g/mol. The van der Waals surface area contributed by atoms with E-state index in [-0.39, 0.29) is 22.3 Å². The first-order chi connectivity index (χ1) is 14.8. The van der Waals surface area contributed by atoms with Crippen LogP contribution in [-0.2, 0) is 4.79 Å². The maximum absolute atomic E-state index is 12.8. The highest BCUT2D eigenvalue weighted by Gasteiger charge is 2.63. The molecule has 0 heterocycles. The zero-order valence-corrected chi connectivity index (χ0v) is 21.9. The molecule has 1 N–H and O–H groups in total. The Hall–Kier alpha value is -0.630. The summed E-state index contributed by atoms with van der Waals surface area (Å²) < 4.78 is 0. The number of carbonyl (C=O) groups excluding carboxylic acids is 1. The Balaban J connectivity index is 1.51. The molecule has 0 amide bonds. The molecule has 8 unspecified atom stereocenters. The summed E-state index contributed by atoms with van der Waals surface area (Å²) in [5, 5.41) is 10.9. The number of carbonyl (C=O) groups is 1. The fourth-order valence-electron chi connectivity index (χ4n) is 10.8. The van der Waals surface area contributed by atoms with Crippen molar-refractivity contribution in [1.29, 1.82) is 0 Å². The fraction of sp³-hybridized carbons (Fsp3) is 0.900. The lowest BCUT2D eigenvalue weighted by molar-refractivity contribution is -0.170. The van der Waals surface area contributed by atoms with Crippen molar-refractivity contribution in [2.45, 2.75) is 119 Å². The molecule has 4 fully saturated rings. The van der Waals surface area contributed by atoms with Crippen LogP contribution in [0.2, 0.25) is 0 Å². The number of hydrogen-bond acceptors (Lipinski definition) is 2. The highest BCUT2D eigenvalue weighted by molar-refractivity contribution is 5.85. The first-order valence-electron chi connectivity index (χ1n) is 13.7. The predicted molar refractivity (Wildman–Crippen MR) is 131 cm³/mol. The number of aliphatic hydroxyl groups is 1. The Morgan fingerprint density at radius 1 is 0.812 bits per heavy atom. The van der Waals surface area contributed by atoms with Gasteiger partial charge in [0, 0.05) is 11.8 Å². The summed E-state index contributed by atoms with van der Waals surface area (Å²) in [6, 6.07) is 0. The molecule has 0 bridgehead atoms. The van der Waals surface area contributed by atoms with E-state index in [4.69, 9.17) is 0 Å². The van der Waals surface area contributed by atoms with E-state index >= 15 is 0 Å². The topological polar surface area (TPSA) is 37.3 Å². The molecule has 180 valence electrons. The predicted octanol–water partition coefficient (Wildman–Crippen LogP) is 7.35. The second-order valence-electron chi connectivity index (χ2n) is 14.7. The van der Waals surface area contributed by atoms with Gasteiger partial charge >= 0.3 is 0 Å². The molecule has 5 rings (SSSR count). The Bertz CT molecular complexity index is 836. The minimum atomic E-state index is -0.182. The lowest BCUT2D eigenvalue weighted by Gasteiger charge is -2.63. The van der Waals surface area contributed by atoms with Gasteiger partial charge in [0.25, 0.3) is 0 Å². The van der Waals surface area contributed by atoms with E-state index in [1.165, 1.54) is 38.5 Å². The molecule has 0 aromatic rings. The fourth-order valence-corrected chi connectivity index (χ4v) is 10.8. The number of Topliss-reactive ketones (excluding diaryl/α,β-unsaturated/α-hetero) is 1. The highest BCUT2D eigenvalue weighted by Crippen LogP contribution is 2.70. The molecule has 0 aliphatic heterocycles. The van der Waals surface area contributed by atoms with Gasteiger partial charge < -0.3 is 5.11 Å². The van der Waals surface area contributed by atoms with Crippen LogP contribution in [0.25, 0.3) is 0 Å². The summed E-state index contributed by atoms with van der Waals surface area (Å²) in [6.07, 6.45) is 14.0. The van der Waals surface area contributed by atoms with Crippen LogP contribution in [0.1, 0.15) is 113 Å². The maximum atomic E-state index is 12.8. The number of ketones is 1. The molecule has 8 atom stereocenters. The third-order valence-electron chi connectivity index (χ3n) is 12.6. The van der Waals surface area contributed by atoms with Crippen molar-refractivity contribution in [1.82, 2.24) is 0 Å². The van der Waals surface area contributed by atoms with E-state index in [0.29, 0.717) is 34.4 Å². The van der Waals surface area contributed by atoms with Crippen molar-refractivity contribution >= 4 is 5.78 Å². The second kappa shape index (κ2) is 6.96. The average molecular weight is 441 g/mol. The SMILES string of the molecule is CC12CCC3C(C)(C)C(O)CCC3(C)C1CCC1C(=CCC3C(C)(C)C(=O)CCC13C)C2. The van der Waals surface area contributed by atoms with E-state index in [1.807, 2.05) is 0 Å². The van der Waals surface area contributed by atoms with Gasteiger partial charge in [-0.2, -0.15) is 0 Å². The van der Waals surface area contributed by atoms with Crippen molar-refractivity contribution in [3.8, 4) is 0 Å². The smallest absolute Gasteiger partial charge is 0.138 e. The minimum absolute atomic E-state index is 0.0253. The summed E-state index contributed by atoms with van der Waals surface area (Å²) in [5.41, 5.74) is 2.58. The summed E-state index contributed by atoms with van der Waals surface area (Å²) >= 11 is 0. The van der Waals surface area contributed by atoms with Gasteiger partial charge in [0.05, 0.1) is 6.10 Å². The first-order valence-corrected chi connectivity index (χ1v) is 13.7. The van der Waals surface area contributed by atoms with E-state index in [0.717, 1.165) is 31.6 Å². The van der Waals surface area contributed by atoms with E-state index < -0.39 is 0 Å².